The van der Waals surface area contributed by atoms with Crippen LogP contribution >= 0.6 is 34.0 Å². The molecule has 0 saturated carbocycles. The summed E-state index contributed by atoms with van der Waals surface area (Å²) in [4.78, 5) is 4.78. The summed E-state index contributed by atoms with van der Waals surface area (Å²) >= 11 is 5.60. The summed E-state index contributed by atoms with van der Waals surface area (Å²) in [7, 11) is 0. The maximum Gasteiger partial charge on any atom is 0.0482 e. The Morgan fingerprint density at radius 3 is 1.32 bits per heavy atom. The third-order valence-electron chi connectivity index (χ3n) is 11.4. The van der Waals surface area contributed by atoms with Crippen molar-refractivity contribution < 1.29 is 0 Å². The predicted molar refractivity (Wildman–Crippen MR) is 260 cm³/mol. The third kappa shape index (κ3) is 5.81. The van der Waals surface area contributed by atoms with Crippen LogP contribution in [0.25, 0.3) is 71.6 Å². The number of para-hydroxylation sites is 2. The van der Waals surface area contributed by atoms with Gasteiger partial charge in [0.25, 0.3) is 0 Å². The smallest absolute Gasteiger partial charge is 0.0482 e. The van der Waals surface area contributed by atoms with Gasteiger partial charge in [-0.05, 0) is 120 Å². The van der Waals surface area contributed by atoms with Crippen LogP contribution in [0.4, 0.5) is 34.1 Å². The first-order valence-electron chi connectivity index (χ1n) is 19.8. The van der Waals surface area contributed by atoms with Crippen LogP contribution in [0, 0.1) is 0 Å². The molecule has 0 radical (unpaired) electrons. The van der Waals surface area contributed by atoms with Gasteiger partial charge in [0.15, 0.2) is 0 Å². The predicted octanol–water partition coefficient (Wildman–Crippen LogP) is 17.4. The van der Waals surface area contributed by atoms with Gasteiger partial charge in [0, 0.05) is 94.6 Å². The van der Waals surface area contributed by atoms with E-state index in [0.717, 1.165) is 34.1 Å². The summed E-state index contributed by atoms with van der Waals surface area (Å²) in [6.45, 7) is 0. The zero-order chi connectivity index (χ0) is 38.9. The van der Waals surface area contributed by atoms with Gasteiger partial charge >= 0.3 is 0 Å². The van der Waals surface area contributed by atoms with Crippen molar-refractivity contribution >= 4 is 129 Å². The Balaban J connectivity index is 1.07. The number of hydrogen-bond donors (Lipinski definition) is 0. The average Bonchev–Trinajstić information content (AvgIpc) is 3.98. The van der Waals surface area contributed by atoms with Crippen molar-refractivity contribution in [1.29, 1.82) is 0 Å². The van der Waals surface area contributed by atoms with E-state index in [-0.39, 0.29) is 0 Å². The summed E-state index contributed by atoms with van der Waals surface area (Å²) < 4.78 is 7.84. The second kappa shape index (κ2) is 14.0. The number of anilines is 6. The van der Waals surface area contributed by atoms with Crippen LogP contribution in [-0.4, -0.2) is 0 Å². The summed E-state index contributed by atoms with van der Waals surface area (Å²) in [6.07, 6.45) is 0. The Morgan fingerprint density at radius 2 is 0.678 bits per heavy atom. The number of thiophene rings is 3. The highest BCUT2D eigenvalue weighted by molar-refractivity contribution is 7.26. The maximum atomic E-state index is 2.44. The van der Waals surface area contributed by atoms with Gasteiger partial charge in [0.2, 0.25) is 0 Å². The standard InChI is InChI=1S/C54H34N2S3/c1-3-13-36(14-4-1)55(37-15-5-2-6-16-37)38-17-11-18-39(32-38)56(40-26-29-51-46(33-40)44-20-8-10-23-49(44)58-51)41-27-30-52-47(34-41)54-42(21-12-24-53(54)59-52)35-25-28-50-45(31-35)43-19-7-9-22-48(43)57-50/h1-34H. The van der Waals surface area contributed by atoms with Gasteiger partial charge in [0.05, 0.1) is 0 Å². The molecule has 0 aliphatic carbocycles. The Labute approximate surface area is 353 Å². The molecule has 0 fully saturated rings. The van der Waals surface area contributed by atoms with Crippen molar-refractivity contribution in [3.8, 4) is 11.1 Å². The van der Waals surface area contributed by atoms with Crippen molar-refractivity contribution in [1.82, 2.24) is 0 Å². The van der Waals surface area contributed by atoms with Crippen molar-refractivity contribution in [3.05, 3.63) is 206 Å². The average molecular weight is 807 g/mol. The van der Waals surface area contributed by atoms with Crippen molar-refractivity contribution in [2.75, 3.05) is 9.80 Å². The fourth-order valence-electron chi connectivity index (χ4n) is 8.76. The van der Waals surface area contributed by atoms with Crippen LogP contribution in [-0.2, 0) is 0 Å². The highest BCUT2D eigenvalue weighted by Crippen LogP contribution is 2.47. The molecule has 12 aromatic rings. The molecule has 278 valence electrons. The second-order valence-corrected chi connectivity index (χ2v) is 18.2. The lowest BCUT2D eigenvalue weighted by Crippen LogP contribution is -2.13. The first-order chi connectivity index (χ1) is 29.2. The number of rotatable bonds is 7. The van der Waals surface area contributed by atoms with E-state index in [9.17, 15) is 0 Å². The molecular weight excluding hydrogens is 773 g/mol. The first kappa shape index (κ1) is 34.3. The minimum absolute atomic E-state index is 1.09. The molecule has 3 aromatic heterocycles. The van der Waals surface area contributed by atoms with E-state index in [1.54, 1.807) is 0 Å². The monoisotopic (exact) mass is 806 g/mol. The van der Waals surface area contributed by atoms with Crippen LogP contribution in [0.2, 0.25) is 0 Å². The maximum absolute atomic E-state index is 2.44. The third-order valence-corrected chi connectivity index (χ3v) is 14.9. The van der Waals surface area contributed by atoms with Crippen LogP contribution < -0.4 is 9.80 Å². The number of fused-ring (bicyclic) bond motifs is 9. The van der Waals surface area contributed by atoms with Crippen molar-refractivity contribution in [2.24, 2.45) is 0 Å². The number of nitrogens with zero attached hydrogens (tertiary/aromatic N) is 2. The summed E-state index contributed by atoms with van der Waals surface area (Å²) in [5.41, 5.74) is 9.16. The number of benzene rings is 9. The molecule has 2 nitrogen and oxygen atoms in total. The molecule has 0 spiro atoms. The minimum Gasteiger partial charge on any atom is -0.310 e. The van der Waals surface area contributed by atoms with Crippen LogP contribution in [0.5, 0.6) is 0 Å². The molecule has 0 saturated heterocycles. The molecular formula is C54H34N2S3. The SMILES string of the molecule is c1ccc(N(c2ccccc2)c2cccc(N(c3ccc4sc5ccccc5c4c3)c3ccc4sc5cccc(-c6ccc7sc8ccccc8c7c6)c5c4c3)c2)cc1. The van der Waals surface area contributed by atoms with Crippen molar-refractivity contribution in [3.63, 3.8) is 0 Å². The Kier molecular flexibility index (Phi) is 8.12. The molecule has 0 unspecified atom stereocenters. The molecule has 3 heterocycles. The van der Waals surface area contributed by atoms with Crippen LogP contribution in [0.1, 0.15) is 0 Å². The quantitative estimate of drug-likeness (QED) is 0.158. The molecule has 0 amide bonds. The lowest BCUT2D eigenvalue weighted by atomic mass is 9.97. The van der Waals surface area contributed by atoms with Gasteiger partial charge in [-0.3, -0.25) is 0 Å². The van der Waals surface area contributed by atoms with E-state index in [0.29, 0.717) is 0 Å². The largest absolute Gasteiger partial charge is 0.310 e. The highest BCUT2D eigenvalue weighted by Gasteiger charge is 2.20. The van der Waals surface area contributed by atoms with Gasteiger partial charge in [-0.15, -0.1) is 34.0 Å². The number of hydrogen-bond acceptors (Lipinski definition) is 5. The van der Waals surface area contributed by atoms with Crippen LogP contribution in [0.3, 0.4) is 0 Å². The summed E-state index contributed by atoms with van der Waals surface area (Å²) in [5, 5.41) is 7.79. The zero-order valence-corrected chi connectivity index (χ0v) is 34.2. The van der Waals surface area contributed by atoms with Gasteiger partial charge in [-0.25, -0.2) is 0 Å². The topological polar surface area (TPSA) is 6.48 Å². The fraction of sp³-hybridized carbons (Fsp3) is 0. The second-order valence-electron chi connectivity index (χ2n) is 14.9. The molecule has 5 heteroatoms. The molecule has 0 N–H and O–H groups in total. The molecule has 0 atom stereocenters. The first-order valence-corrected chi connectivity index (χ1v) is 22.3. The van der Waals surface area contributed by atoms with E-state index in [2.05, 4.69) is 216 Å². The molecule has 9 aromatic carbocycles. The zero-order valence-electron chi connectivity index (χ0n) is 31.7. The minimum atomic E-state index is 1.09. The van der Waals surface area contributed by atoms with Gasteiger partial charge in [-0.2, -0.15) is 0 Å². The van der Waals surface area contributed by atoms with E-state index in [4.69, 9.17) is 0 Å². The fourth-order valence-corrected chi connectivity index (χ4v) is 12.0. The summed E-state index contributed by atoms with van der Waals surface area (Å²) in [5.74, 6) is 0. The highest BCUT2D eigenvalue weighted by atomic mass is 32.1. The molecule has 0 aliphatic rings. The Hall–Kier alpha value is -6.76. The van der Waals surface area contributed by atoms with E-state index < -0.39 is 0 Å². The molecule has 59 heavy (non-hydrogen) atoms. The van der Waals surface area contributed by atoms with Crippen LogP contribution in [0.15, 0.2) is 206 Å². The molecule has 0 bridgehead atoms. The normalized spacial score (nSPS) is 11.7. The van der Waals surface area contributed by atoms with Gasteiger partial charge in [0.1, 0.15) is 0 Å². The Bertz CT molecular complexity index is 3490. The van der Waals surface area contributed by atoms with Gasteiger partial charge in [-0.1, -0.05) is 97.1 Å². The molecule has 12 rings (SSSR count). The lowest BCUT2D eigenvalue weighted by molar-refractivity contribution is 1.25. The lowest BCUT2D eigenvalue weighted by Gasteiger charge is -2.29. The van der Waals surface area contributed by atoms with Gasteiger partial charge < -0.3 is 9.80 Å². The van der Waals surface area contributed by atoms with E-state index in [1.807, 2.05) is 34.0 Å². The van der Waals surface area contributed by atoms with E-state index >= 15 is 0 Å². The molecule has 0 aliphatic heterocycles. The Morgan fingerprint density at radius 1 is 0.254 bits per heavy atom. The summed E-state index contributed by atoms with van der Waals surface area (Å²) in [6, 6.07) is 75.7. The van der Waals surface area contributed by atoms with Crippen molar-refractivity contribution in [2.45, 2.75) is 0 Å². The van der Waals surface area contributed by atoms with E-state index in [1.165, 1.54) is 71.6 Å².